The monoisotopic (exact) mass is 781 g/mol. The van der Waals surface area contributed by atoms with Gasteiger partial charge in [0.05, 0.1) is 33.6 Å². The van der Waals surface area contributed by atoms with E-state index in [9.17, 15) is 0 Å². The molecule has 3 nitrogen and oxygen atoms in total. The fourth-order valence-corrected chi connectivity index (χ4v) is 10.9. The van der Waals surface area contributed by atoms with Crippen LogP contribution in [0.25, 0.3) is 97.8 Å². The second-order valence-corrected chi connectivity index (χ2v) is 16.8. The predicted molar refractivity (Wildman–Crippen MR) is 255 cm³/mol. The van der Waals surface area contributed by atoms with Crippen LogP contribution in [-0.4, -0.2) is 9.13 Å². The highest BCUT2D eigenvalue weighted by Gasteiger charge is 2.31. The van der Waals surface area contributed by atoms with Gasteiger partial charge < -0.3 is 14.0 Å². The first-order valence-corrected chi connectivity index (χ1v) is 21.3. The van der Waals surface area contributed by atoms with Gasteiger partial charge in [-0.15, -0.1) is 11.3 Å². The van der Waals surface area contributed by atoms with Crippen LogP contribution in [-0.2, 0) is 0 Å². The average molecular weight is 782 g/mol. The van der Waals surface area contributed by atoms with Crippen molar-refractivity contribution in [3.63, 3.8) is 0 Å². The van der Waals surface area contributed by atoms with E-state index in [4.69, 9.17) is 0 Å². The zero-order chi connectivity index (χ0) is 39.3. The molecule has 0 amide bonds. The van der Waals surface area contributed by atoms with Crippen LogP contribution in [0, 0.1) is 0 Å². The molecule has 9 aromatic carbocycles. The van der Waals surface area contributed by atoms with Crippen molar-refractivity contribution in [2.24, 2.45) is 0 Å². The molecule has 60 heavy (non-hydrogen) atoms. The van der Waals surface area contributed by atoms with Crippen molar-refractivity contribution >= 4 is 81.3 Å². The van der Waals surface area contributed by atoms with Crippen LogP contribution < -0.4 is 4.90 Å². The summed E-state index contributed by atoms with van der Waals surface area (Å²) in [5, 5.41) is 6.35. The number of hydrogen-bond acceptors (Lipinski definition) is 2. The zero-order valence-electron chi connectivity index (χ0n) is 32.5. The topological polar surface area (TPSA) is 13.1 Å². The van der Waals surface area contributed by atoms with E-state index in [1.165, 1.54) is 92.1 Å². The molecule has 0 saturated carbocycles. The Morgan fingerprint density at radius 1 is 0.317 bits per heavy atom. The molecule has 1 aliphatic heterocycles. The normalized spacial score (nSPS) is 12.3. The Bertz CT molecular complexity index is 3610. The van der Waals surface area contributed by atoms with E-state index in [2.05, 4.69) is 226 Å². The van der Waals surface area contributed by atoms with Gasteiger partial charge in [0, 0.05) is 70.1 Å². The van der Waals surface area contributed by atoms with Crippen LogP contribution in [0.2, 0.25) is 0 Å². The van der Waals surface area contributed by atoms with E-state index in [1.54, 1.807) is 0 Å². The SMILES string of the molecule is c1ccc(N2c3ccccc3-c3c(n(-c4ccccc4)c4ccc(-c5ccc6sc7ccc(-n8c9ccccc9c9ccccc98)cc7c6c5)cc34)-c3ccccc32)cc1. The van der Waals surface area contributed by atoms with Gasteiger partial charge >= 0.3 is 0 Å². The Kier molecular flexibility index (Phi) is 7.18. The van der Waals surface area contributed by atoms with E-state index in [0.29, 0.717) is 0 Å². The van der Waals surface area contributed by atoms with Crippen LogP contribution in [0.5, 0.6) is 0 Å². The molecule has 280 valence electrons. The number of thiophene rings is 1. The molecule has 0 unspecified atom stereocenters. The second-order valence-electron chi connectivity index (χ2n) is 15.7. The standard InChI is InChI=1S/C56H35N3S/c1-3-15-38(16-4-1)57-50-25-13-9-21-43(50)55-47-34-36(27-30-52(47)59(39-17-5-2-6-18-39)56(55)44-22-10-14-26-51(44)57)37-28-31-53-45(33-37)46-35-40(29-32-54(46)60-53)58-48-23-11-7-19-41(48)42-20-8-12-24-49(42)58/h1-35H. The van der Waals surface area contributed by atoms with E-state index in [0.717, 1.165) is 22.7 Å². The maximum Gasteiger partial charge on any atom is 0.0641 e. The predicted octanol–water partition coefficient (Wildman–Crippen LogP) is 15.9. The molecule has 4 heterocycles. The maximum absolute atomic E-state index is 2.48. The summed E-state index contributed by atoms with van der Waals surface area (Å²) in [5.41, 5.74) is 16.7. The van der Waals surface area contributed by atoms with E-state index >= 15 is 0 Å². The summed E-state index contributed by atoms with van der Waals surface area (Å²) in [6, 6.07) is 78.0. The largest absolute Gasteiger partial charge is 0.309 e. The summed E-state index contributed by atoms with van der Waals surface area (Å²) >= 11 is 1.87. The number of fused-ring (bicyclic) bond motifs is 13. The molecule has 3 aromatic heterocycles. The first kappa shape index (κ1) is 33.3. The first-order chi connectivity index (χ1) is 29.8. The lowest BCUT2D eigenvalue weighted by molar-refractivity contribution is 1.13. The van der Waals surface area contributed by atoms with Crippen molar-refractivity contribution in [2.75, 3.05) is 4.90 Å². The number of anilines is 3. The lowest BCUT2D eigenvalue weighted by Crippen LogP contribution is -2.11. The lowest BCUT2D eigenvalue weighted by Gasteiger charge is -2.27. The van der Waals surface area contributed by atoms with Crippen LogP contribution in [0.4, 0.5) is 17.1 Å². The maximum atomic E-state index is 2.48. The minimum absolute atomic E-state index is 1.14. The number of rotatable bonds is 4. The van der Waals surface area contributed by atoms with Crippen molar-refractivity contribution in [3.8, 4) is 44.9 Å². The average Bonchev–Trinajstić information content (AvgIpc) is 3.94. The molecule has 0 bridgehead atoms. The molecule has 13 rings (SSSR count). The Morgan fingerprint density at radius 3 is 1.55 bits per heavy atom. The highest BCUT2D eigenvalue weighted by atomic mass is 32.1. The number of benzene rings is 9. The smallest absolute Gasteiger partial charge is 0.0641 e. The number of aromatic nitrogens is 2. The van der Waals surface area contributed by atoms with Crippen molar-refractivity contribution in [2.45, 2.75) is 0 Å². The Labute approximate surface area is 350 Å². The van der Waals surface area contributed by atoms with Gasteiger partial charge in [-0.2, -0.15) is 0 Å². The van der Waals surface area contributed by atoms with Crippen molar-refractivity contribution in [1.29, 1.82) is 0 Å². The summed E-state index contributed by atoms with van der Waals surface area (Å²) in [4.78, 5) is 2.43. The molecule has 0 spiro atoms. The van der Waals surface area contributed by atoms with Crippen LogP contribution in [0.15, 0.2) is 212 Å². The Hall–Kier alpha value is -7.66. The summed E-state index contributed by atoms with van der Waals surface area (Å²) in [6.07, 6.45) is 0. The van der Waals surface area contributed by atoms with Gasteiger partial charge in [0.1, 0.15) is 0 Å². The van der Waals surface area contributed by atoms with Gasteiger partial charge in [0.15, 0.2) is 0 Å². The third-order valence-electron chi connectivity index (χ3n) is 12.4. The van der Waals surface area contributed by atoms with Gasteiger partial charge in [0.2, 0.25) is 0 Å². The molecular weight excluding hydrogens is 747 g/mol. The van der Waals surface area contributed by atoms with Gasteiger partial charge in [-0.05, 0) is 102 Å². The minimum atomic E-state index is 1.14. The van der Waals surface area contributed by atoms with Crippen LogP contribution >= 0.6 is 11.3 Å². The van der Waals surface area contributed by atoms with Gasteiger partial charge in [-0.1, -0.05) is 121 Å². The quantitative estimate of drug-likeness (QED) is 0.173. The molecular formula is C56H35N3S. The lowest BCUT2D eigenvalue weighted by atomic mass is 9.95. The van der Waals surface area contributed by atoms with Crippen LogP contribution in [0.1, 0.15) is 0 Å². The molecule has 12 aromatic rings. The summed E-state index contributed by atoms with van der Waals surface area (Å²) in [7, 11) is 0. The molecule has 4 heteroatoms. The third-order valence-corrected chi connectivity index (χ3v) is 13.6. The summed E-state index contributed by atoms with van der Waals surface area (Å²) in [5.74, 6) is 0. The highest BCUT2D eigenvalue weighted by molar-refractivity contribution is 7.25. The first-order valence-electron chi connectivity index (χ1n) is 20.5. The van der Waals surface area contributed by atoms with Crippen molar-refractivity contribution < 1.29 is 0 Å². The van der Waals surface area contributed by atoms with Gasteiger partial charge in [0.25, 0.3) is 0 Å². The molecule has 0 aliphatic carbocycles. The molecule has 1 aliphatic rings. The van der Waals surface area contributed by atoms with Gasteiger partial charge in [-0.3, -0.25) is 0 Å². The highest BCUT2D eigenvalue weighted by Crippen LogP contribution is 2.54. The molecule has 0 saturated heterocycles. The second kappa shape index (κ2) is 12.9. The van der Waals surface area contributed by atoms with Crippen LogP contribution in [0.3, 0.4) is 0 Å². The Morgan fingerprint density at radius 2 is 0.833 bits per heavy atom. The number of hydrogen-bond donors (Lipinski definition) is 0. The summed E-state index contributed by atoms with van der Waals surface area (Å²) in [6.45, 7) is 0. The summed E-state index contributed by atoms with van der Waals surface area (Å²) < 4.78 is 7.49. The van der Waals surface area contributed by atoms with E-state index < -0.39 is 0 Å². The van der Waals surface area contributed by atoms with Gasteiger partial charge in [-0.25, -0.2) is 0 Å². The molecule has 0 radical (unpaired) electrons. The van der Waals surface area contributed by atoms with Crippen molar-refractivity contribution in [1.82, 2.24) is 9.13 Å². The molecule has 0 fully saturated rings. The zero-order valence-corrected chi connectivity index (χ0v) is 33.3. The number of para-hydroxylation sites is 6. The van der Waals surface area contributed by atoms with Crippen molar-refractivity contribution in [3.05, 3.63) is 212 Å². The fourth-order valence-electron chi connectivity index (χ4n) is 9.86. The Balaban J connectivity index is 1.05. The van der Waals surface area contributed by atoms with E-state index in [-0.39, 0.29) is 0 Å². The minimum Gasteiger partial charge on any atom is -0.309 e. The number of nitrogens with zero attached hydrogens (tertiary/aromatic N) is 3. The molecule has 0 atom stereocenters. The molecule has 0 N–H and O–H groups in total. The van der Waals surface area contributed by atoms with E-state index in [1.807, 2.05) is 11.3 Å². The third kappa shape index (κ3) is 4.83. The fraction of sp³-hybridized carbons (Fsp3) is 0.